The van der Waals surface area contributed by atoms with Gasteiger partial charge in [-0.2, -0.15) is 0 Å². The van der Waals surface area contributed by atoms with Gasteiger partial charge in [-0.25, -0.2) is 4.98 Å². The third-order valence-electron chi connectivity index (χ3n) is 5.34. The molecule has 0 atom stereocenters. The molecule has 0 radical (unpaired) electrons. The fraction of sp³-hybridized carbons (Fsp3) is 0.364. The second-order valence-corrected chi connectivity index (χ2v) is 9.54. The van der Waals surface area contributed by atoms with Crippen molar-refractivity contribution in [2.24, 2.45) is 5.73 Å². The number of fused-ring (bicyclic) bond motifs is 3. The number of nitrogens with zero attached hydrogens (tertiary/aromatic N) is 2. The Hall–Kier alpha value is -2.69. The number of hydrogen-bond donors (Lipinski definition) is 2. The molecule has 10 heteroatoms. The van der Waals surface area contributed by atoms with Crippen molar-refractivity contribution in [3.8, 4) is 0 Å². The van der Waals surface area contributed by atoms with Crippen LogP contribution in [0.25, 0.3) is 10.2 Å². The number of aromatic nitrogens is 2. The lowest BCUT2D eigenvalue weighted by Crippen LogP contribution is -2.26. The molecule has 4 rings (SSSR count). The minimum atomic E-state index is -0.524. The zero-order valence-corrected chi connectivity index (χ0v) is 19.3. The molecule has 32 heavy (non-hydrogen) atoms. The Labute approximate surface area is 193 Å². The minimum absolute atomic E-state index is 0.0589. The standard InChI is InChI=1S/C22H24N4O4S2/c1-30-11-10-26-21(29)18-15-4-2-3-5-16(15)32-20(18)25-22(26)31-12-17(27)24-14-8-6-13(7-9-14)19(23)28/h6-9H,2-5,10-12H2,1H3,(H2,23,28)(H,24,27). The van der Waals surface area contributed by atoms with Gasteiger partial charge >= 0.3 is 0 Å². The SMILES string of the molecule is COCCn1c(SCC(=O)Nc2ccc(C(N)=O)cc2)nc2sc3c(c2c1=O)CCCC3. The lowest BCUT2D eigenvalue weighted by Gasteiger charge is -2.13. The van der Waals surface area contributed by atoms with Crippen LogP contribution in [0.4, 0.5) is 5.69 Å². The second-order valence-electron chi connectivity index (χ2n) is 7.51. The lowest BCUT2D eigenvalue weighted by atomic mass is 9.97. The van der Waals surface area contributed by atoms with Gasteiger partial charge in [0.25, 0.3) is 5.56 Å². The Bertz CT molecular complexity index is 1220. The molecule has 0 fully saturated rings. The Morgan fingerprint density at radius 3 is 2.72 bits per heavy atom. The average molecular weight is 473 g/mol. The van der Waals surface area contributed by atoms with E-state index in [1.165, 1.54) is 16.6 Å². The van der Waals surface area contributed by atoms with E-state index in [4.69, 9.17) is 15.5 Å². The number of nitrogens with one attached hydrogen (secondary N) is 1. The first kappa shape index (κ1) is 22.5. The number of ether oxygens (including phenoxy) is 1. The average Bonchev–Trinajstić information content (AvgIpc) is 3.16. The Kier molecular flexibility index (Phi) is 6.92. The fourth-order valence-corrected chi connectivity index (χ4v) is 5.88. The zero-order valence-electron chi connectivity index (χ0n) is 17.7. The van der Waals surface area contributed by atoms with Gasteiger partial charge in [0.05, 0.1) is 24.3 Å². The fourth-order valence-electron chi connectivity index (χ4n) is 3.75. The Morgan fingerprint density at radius 1 is 1.25 bits per heavy atom. The summed E-state index contributed by atoms with van der Waals surface area (Å²) >= 11 is 2.82. The van der Waals surface area contributed by atoms with Gasteiger partial charge < -0.3 is 15.8 Å². The van der Waals surface area contributed by atoms with Crippen LogP contribution in [0.15, 0.2) is 34.2 Å². The van der Waals surface area contributed by atoms with Crippen LogP contribution in [0.1, 0.15) is 33.6 Å². The van der Waals surface area contributed by atoms with Crippen molar-refractivity contribution >= 4 is 50.8 Å². The number of carbonyl (C=O) groups excluding carboxylic acids is 2. The van der Waals surface area contributed by atoms with E-state index < -0.39 is 5.91 Å². The van der Waals surface area contributed by atoms with Crippen LogP contribution in [0.5, 0.6) is 0 Å². The Balaban J connectivity index is 1.55. The molecule has 0 bridgehead atoms. The van der Waals surface area contributed by atoms with Crippen molar-refractivity contribution in [2.75, 3.05) is 24.8 Å². The number of amides is 2. The monoisotopic (exact) mass is 472 g/mol. The third-order valence-corrected chi connectivity index (χ3v) is 7.51. The number of thioether (sulfide) groups is 1. The van der Waals surface area contributed by atoms with Crippen molar-refractivity contribution in [1.29, 1.82) is 0 Å². The van der Waals surface area contributed by atoms with Gasteiger partial charge in [-0.05, 0) is 55.5 Å². The summed E-state index contributed by atoms with van der Waals surface area (Å²) in [5.74, 6) is -0.669. The van der Waals surface area contributed by atoms with Crippen molar-refractivity contribution in [1.82, 2.24) is 9.55 Å². The van der Waals surface area contributed by atoms with Crippen molar-refractivity contribution in [3.63, 3.8) is 0 Å². The van der Waals surface area contributed by atoms with E-state index in [1.54, 1.807) is 47.3 Å². The van der Waals surface area contributed by atoms with Gasteiger partial charge in [-0.1, -0.05) is 11.8 Å². The predicted octanol–water partition coefficient (Wildman–Crippen LogP) is 2.81. The number of hydrogen-bond acceptors (Lipinski definition) is 7. The van der Waals surface area contributed by atoms with Crippen LogP contribution in [-0.2, 0) is 28.9 Å². The van der Waals surface area contributed by atoms with E-state index in [0.717, 1.165) is 41.5 Å². The molecule has 8 nitrogen and oxygen atoms in total. The van der Waals surface area contributed by atoms with Gasteiger partial charge in [-0.15, -0.1) is 11.3 Å². The summed E-state index contributed by atoms with van der Waals surface area (Å²) in [7, 11) is 1.59. The summed E-state index contributed by atoms with van der Waals surface area (Å²) in [6.07, 6.45) is 4.14. The smallest absolute Gasteiger partial charge is 0.263 e. The number of carbonyl (C=O) groups is 2. The highest BCUT2D eigenvalue weighted by atomic mass is 32.2. The highest BCUT2D eigenvalue weighted by Crippen LogP contribution is 2.34. The van der Waals surface area contributed by atoms with E-state index in [0.29, 0.717) is 29.6 Å². The molecule has 2 aromatic heterocycles. The number of rotatable bonds is 8. The first-order valence-electron chi connectivity index (χ1n) is 10.3. The number of aryl methyl sites for hydroxylation is 2. The molecule has 1 aromatic carbocycles. The maximum Gasteiger partial charge on any atom is 0.263 e. The van der Waals surface area contributed by atoms with Crippen molar-refractivity contribution < 1.29 is 14.3 Å². The normalized spacial score (nSPS) is 13.2. The molecule has 0 aliphatic heterocycles. The molecule has 0 unspecified atom stereocenters. The van der Waals surface area contributed by atoms with Crippen LogP contribution in [0.3, 0.4) is 0 Å². The second kappa shape index (κ2) is 9.85. The molecule has 1 aliphatic rings. The molecule has 3 N–H and O–H groups in total. The third kappa shape index (κ3) is 4.72. The van der Waals surface area contributed by atoms with E-state index in [-0.39, 0.29) is 17.2 Å². The summed E-state index contributed by atoms with van der Waals surface area (Å²) < 4.78 is 6.80. The van der Waals surface area contributed by atoms with Crippen LogP contribution >= 0.6 is 23.1 Å². The molecule has 3 aromatic rings. The van der Waals surface area contributed by atoms with E-state index >= 15 is 0 Å². The first-order valence-corrected chi connectivity index (χ1v) is 12.1. The topological polar surface area (TPSA) is 116 Å². The molecule has 2 heterocycles. The van der Waals surface area contributed by atoms with Gasteiger partial charge in [0, 0.05) is 23.2 Å². The molecule has 1 aliphatic carbocycles. The number of anilines is 1. The summed E-state index contributed by atoms with van der Waals surface area (Å²) in [5, 5.41) is 4.02. The van der Waals surface area contributed by atoms with Crippen LogP contribution in [-0.4, -0.2) is 40.8 Å². The van der Waals surface area contributed by atoms with Gasteiger partial charge in [0.15, 0.2) is 5.16 Å². The molecule has 0 spiro atoms. The quantitative estimate of drug-likeness (QED) is 0.385. The molecule has 0 saturated carbocycles. The highest BCUT2D eigenvalue weighted by Gasteiger charge is 2.22. The number of benzene rings is 1. The van der Waals surface area contributed by atoms with Gasteiger partial charge in [0.2, 0.25) is 11.8 Å². The maximum absolute atomic E-state index is 13.3. The summed E-state index contributed by atoms with van der Waals surface area (Å²) in [4.78, 5) is 43.8. The summed E-state index contributed by atoms with van der Waals surface area (Å²) in [6, 6.07) is 6.36. The zero-order chi connectivity index (χ0) is 22.7. The van der Waals surface area contributed by atoms with Crippen LogP contribution in [0.2, 0.25) is 0 Å². The minimum Gasteiger partial charge on any atom is -0.383 e. The molecular weight excluding hydrogens is 448 g/mol. The maximum atomic E-state index is 13.3. The van der Waals surface area contributed by atoms with Crippen LogP contribution < -0.4 is 16.6 Å². The van der Waals surface area contributed by atoms with Gasteiger partial charge in [0.1, 0.15) is 4.83 Å². The number of nitrogens with two attached hydrogens (primary N) is 1. The Morgan fingerprint density at radius 2 is 2.00 bits per heavy atom. The molecule has 0 saturated heterocycles. The van der Waals surface area contributed by atoms with Gasteiger partial charge in [-0.3, -0.25) is 19.0 Å². The van der Waals surface area contributed by atoms with Crippen molar-refractivity contribution in [3.05, 3.63) is 50.6 Å². The molecule has 168 valence electrons. The molecular formula is C22H24N4O4S2. The van der Waals surface area contributed by atoms with E-state index in [9.17, 15) is 14.4 Å². The largest absolute Gasteiger partial charge is 0.383 e. The number of thiophene rings is 1. The number of methoxy groups -OCH3 is 1. The number of primary amides is 1. The van der Waals surface area contributed by atoms with E-state index in [2.05, 4.69) is 5.32 Å². The predicted molar refractivity (Wildman–Crippen MR) is 127 cm³/mol. The van der Waals surface area contributed by atoms with Crippen LogP contribution in [0, 0.1) is 0 Å². The summed E-state index contributed by atoms with van der Waals surface area (Å²) in [5.41, 5.74) is 7.26. The lowest BCUT2D eigenvalue weighted by molar-refractivity contribution is -0.113. The van der Waals surface area contributed by atoms with E-state index in [1.807, 2.05) is 0 Å². The van der Waals surface area contributed by atoms with Crippen molar-refractivity contribution in [2.45, 2.75) is 37.4 Å². The molecule has 2 amide bonds. The highest BCUT2D eigenvalue weighted by molar-refractivity contribution is 7.99. The summed E-state index contributed by atoms with van der Waals surface area (Å²) in [6.45, 7) is 0.757. The first-order chi connectivity index (χ1) is 15.5.